The van der Waals surface area contributed by atoms with Gasteiger partial charge < -0.3 is 10.4 Å². The number of aryl methyl sites for hydroxylation is 1. The van der Waals surface area contributed by atoms with Gasteiger partial charge in [-0.3, -0.25) is 4.79 Å². The molecule has 0 bridgehead atoms. The van der Waals surface area contributed by atoms with Crippen LogP contribution in [0.2, 0.25) is 0 Å². The van der Waals surface area contributed by atoms with Crippen LogP contribution in [0, 0.1) is 5.82 Å². The highest BCUT2D eigenvalue weighted by molar-refractivity contribution is 5.76. The summed E-state index contributed by atoms with van der Waals surface area (Å²) < 4.78 is 13.4. The summed E-state index contributed by atoms with van der Waals surface area (Å²) in [5.41, 5.74) is 1.19. The first-order chi connectivity index (χ1) is 9.66. The van der Waals surface area contributed by atoms with E-state index in [0.29, 0.717) is 12.0 Å². The van der Waals surface area contributed by atoms with E-state index in [4.69, 9.17) is 0 Å². The molecule has 0 fully saturated rings. The molecule has 2 aromatic carbocycles. The predicted octanol–water partition coefficient (Wildman–Crippen LogP) is 2.78. The van der Waals surface area contributed by atoms with E-state index in [1.54, 1.807) is 36.4 Å². The minimum absolute atomic E-state index is 0.170. The van der Waals surface area contributed by atoms with Crippen molar-refractivity contribution in [3.05, 3.63) is 65.5 Å². The van der Waals surface area contributed by atoms with Crippen LogP contribution in [-0.4, -0.2) is 11.0 Å². The number of amides is 1. The number of aromatic hydroxyl groups is 1. The van der Waals surface area contributed by atoms with Gasteiger partial charge in [0.05, 0.1) is 0 Å². The number of carbonyl (C=O) groups is 1. The lowest BCUT2D eigenvalue weighted by atomic mass is 10.1. The zero-order chi connectivity index (χ0) is 14.4. The largest absolute Gasteiger partial charge is 0.508 e. The molecule has 4 heteroatoms. The Hall–Kier alpha value is -2.36. The normalized spacial score (nSPS) is 10.2. The Kier molecular flexibility index (Phi) is 4.71. The molecule has 0 heterocycles. The maximum absolute atomic E-state index is 13.4. The number of hydrogen-bond donors (Lipinski definition) is 2. The smallest absolute Gasteiger partial charge is 0.220 e. The summed E-state index contributed by atoms with van der Waals surface area (Å²) in [4.78, 5) is 11.7. The Morgan fingerprint density at radius 2 is 1.70 bits per heavy atom. The molecule has 2 rings (SSSR count). The van der Waals surface area contributed by atoms with Gasteiger partial charge in [0, 0.05) is 18.5 Å². The molecule has 2 aromatic rings. The highest BCUT2D eigenvalue weighted by Crippen LogP contribution is 2.17. The summed E-state index contributed by atoms with van der Waals surface area (Å²) in [5.74, 6) is -0.306. The molecule has 104 valence electrons. The number of rotatable bonds is 5. The minimum Gasteiger partial charge on any atom is -0.508 e. The van der Waals surface area contributed by atoms with E-state index < -0.39 is 0 Å². The third-order valence-corrected chi connectivity index (χ3v) is 3.05. The highest BCUT2D eigenvalue weighted by atomic mass is 19.1. The van der Waals surface area contributed by atoms with Crippen molar-refractivity contribution in [1.82, 2.24) is 5.32 Å². The van der Waals surface area contributed by atoms with E-state index in [-0.39, 0.29) is 30.4 Å². The molecule has 20 heavy (non-hydrogen) atoms. The first-order valence-corrected chi connectivity index (χ1v) is 6.44. The van der Waals surface area contributed by atoms with Gasteiger partial charge in [-0.2, -0.15) is 0 Å². The monoisotopic (exact) mass is 273 g/mol. The molecular weight excluding hydrogens is 257 g/mol. The number of carbonyl (C=O) groups excluding carboxylic acids is 1. The number of phenols is 1. The molecule has 0 aliphatic carbocycles. The van der Waals surface area contributed by atoms with Crippen LogP contribution in [0.4, 0.5) is 4.39 Å². The Balaban J connectivity index is 1.82. The van der Waals surface area contributed by atoms with Gasteiger partial charge in [-0.1, -0.05) is 36.4 Å². The van der Waals surface area contributed by atoms with Gasteiger partial charge in [-0.25, -0.2) is 4.39 Å². The van der Waals surface area contributed by atoms with Crippen molar-refractivity contribution in [1.29, 1.82) is 0 Å². The number of para-hydroxylation sites is 1. The second-order valence-electron chi connectivity index (χ2n) is 4.50. The Morgan fingerprint density at radius 3 is 2.40 bits per heavy atom. The van der Waals surface area contributed by atoms with Crippen LogP contribution in [0.3, 0.4) is 0 Å². The van der Waals surface area contributed by atoms with Gasteiger partial charge in [-0.15, -0.1) is 0 Å². The van der Waals surface area contributed by atoms with Crippen LogP contribution in [0.25, 0.3) is 0 Å². The van der Waals surface area contributed by atoms with E-state index in [2.05, 4.69) is 5.32 Å². The van der Waals surface area contributed by atoms with Crippen molar-refractivity contribution >= 4 is 5.91 Å². The molecule has 0 atom stereocenters. The lowest BCUT2D eigenvalue weighted by Gasteiger charge is -2.07. The Labute approximate surface area is 117 Å². The second kappa shape index (κ2) is 6.70. The fourth-order valence-electron chi connectivity index (χ4n) is 1.89. The van der Waals surface area contributed by atoms with Crippen LogP contribution >= 0.6 is 0 Å². The van der Waals surface area contributed by atoms with Gasteiger partial charge in [0.25, 0.3) is 0 Å². The van der Waals surface area contributed by atoms with Crippen molar-refractivity contribution in [2.45, 2.75) is 19.4 Å². The lowest BCUT2D eigenvalue weighted by molar-refractivity contribution is -0.121. The zero-order valence-electron chi connectivity index (χ0n) is 11.0. The van der Waals surface area contributed by atoms with E-state index in [1.807, 2.05) is 6.07 Å². The molecule has 0 radical (unpaired) electrons. The van der Waals surface area contributed by atoms with Crippen molar-refractivity contribution in [2.75, 3.05) is 0 Å². The minimum atomic E-state index is -0.325. The Bertz CT molecular complexity index is 547. The summed E-state index contributed by atoms with van der Waals surface area (Å²) in [6, 6.07) is 13.3. The zero-order valence-corrected chi connectivity index (χ0v) is 11.0. The molecule has 0 aliphatic heterocycles. The van der Waals surface area contributed by atoms with Crippen molar-refractivity contribution in [3.8, 4) is 5.75 Å². The summed E-state index contributed by atoms with van der Waals surface area (Å²) in [7, 11) is 0. The van der Waals surface area contributed by atoms with Crippen molar-refractivity contribution in [2.24, 2.45) is 0 Å². The molecule has 1 amide bonds. The van der Waals surface area contributed by atoms with E-state index in [9.17, 15) is 14.3 Å². The van der Waals surface area contributed by atoms with E-state index in [1.165, 1.54) is 6.07 Å². The van der Waals surface area contributed by atoms with Gasteiger partial charge in [0.2, 0.25) is 5.91 Å². The molecule has 0 spiro atoms. The third kappa shape index (κ3) is 3.82. The molecule has 3 nitrogen and oxygen atoms in total. The number of halogens is 1. The quantitative estimate of drug-likeness (QED) is 0.880. The lowest BCUT2D eigenvalue weighted by Crippen LogP contribution is -2.23. The van der Waals surface area contributed by atoms with Crippen LogP contribution < -0.4 is 5.32 Å². The number of hydrogen-bond acceptors (Lipinski definition) is 2. The topological polar surface area (TPSA) is 49.3 Å². The number of benzene rings is 2. The second-order valence-corrected chi connectivity index (χ2v) is 4.50. The van der Waals surface area contributed by atoms with Gasteiger partial charge in [-0.05, 0) is 24.1 Å². The van der Waals surface area contributed by atoms with E-state index in [0.717, 1.165) is 5.56 Å². The number of phenolic OH excluding ortho intramolecular Hbond substituents is 1. The number of nitrogens with one attached hydrogen (secondary N) is 1. The van der Waals surface area contributed by atoms with E-state index >= 15 is 0 Å². The van der Waals surface area contributed by atoms with Crippen molar-refractivity contribution in [3.63, 3.8) is 0 Å². The van der Waals surface area contributed by atoms with Gasteiger partial charge in [0.15, 0.2) is 0 Å². The first kappa shape index (κ1) is 14.1. The summed E-state index contributed by atoms with van der Waals surface area (Å²) in [6.45, 7) is 0.173. The molecule has 0 aromatic heterocycles. The first-order valence-electron chi connectivity index (χ1n) is 6.44. The van der Waals surface area contributed by atoms with Crippen LogP contribution in [-0.2, 0) is 17.8 Å². The molecule has 0 saturated heterocycles. The molecule has 2 N–H and O–H groups in total. The maximum atomic E-state index is 13.4. The summed E-state index contributed by atoms with van der Waals surface area (Å²) >= 11 is 0. The Morgan fingerprint density at radius 1 is 1.05 bits per heavy atom. The predicted molar refractivity (Wildman–Crippen MR) is 74.7 cm³/mol. The van der Waals surface area contributed by atoms with Gasteiger partial charge >= 0.3 is 0 Å². The summed E-state index contributed by atoms with van der Waals surface area (Å²) in [6.07, 6.45) is 0.710. The average molecular weight is 273 g/mol. The van der Waals surface area contributed by atoms with Crippen LogP contribution in [0.1, 0.15) is 17.5 Å². The molecule has 0 saturated carbocycles. The average Bonchev–Trinajstić information content (AvgIpc) is 2.45. The fourth-order valence-corrected chi connectivity index (χ4v) is 1.89. The highest BCUT2D eigenvalue weighted by Gasteiger charge is 2.06. The van der Waals surface area contributed by atoms with Crippen LogP contribution in [0.5, 0.6) is 5.75 Å². The molecule has 0 aliphatic rings. The van der Waals surface area contributed by atoms with Gasteiger partial charge in [0.1, 0.15) is 11.6 Å². The fraction of sp³-hybridized carbons (Fsp3) is 0.188. The standard InChI is InChI=1S/C16H16FNO2/c17-14-7-3-1-6-13(14)11-18-16(20)10-9-12-5-2-4-8-15(12)19/h1-8,19H,9-11H2,(H,18,20). The summed E-state index contributed by atoms with van der Waals surface area (Å²) in [5, 5.41) is 12.3. The SMILES string of the molecule is O=C(CCc1ccccc1O)NCc1ccccc1F. The van der Waals surface area contributed by atoms with Crippen molar-refractivity contribution < 1.29 is 14.3 Å². The maximum Gasteiger partial charge on any atom is 0.220 e. The molecule has 0 unspecified atom stereocenters. The third-order valence-electron chi connectivity index (χ3n) is 3.05. The van der Waals surface area contributed by atoms with Crippen LogP contribution in [0.15, 0.2) is 48.5 Å². The molecular formula is C16H16FNO2.